The zero-order valence-corrected chi connectivity index (χ0v) is 11.3. The molecule has 0 unspecified atom stereocenters. The summed E-state index contributed by atoms with van der Waals surface area (Å²) in [5, 5.41) is 11.0. The number of oxime groups is 1. The number of carbonyl (C=O) groups excluding carboxylic acids is 2. The molecule has 0 aliphatic heterocycles. The minimum atomic E-state index is -3.83. The average molecular weight is 281 g/mol. The average Bonchev–Trinajstić information content (AvgIpc) is 2.11. The monoisotopic (exact) mass is 281 g/mol. The Kier molecular flexibility index (Phi) is 5.43. The molecule has 0 radical (unpaired) electrons. The topological polar surface area (TPSA) is 119 Å². The fraction of sp³-hybridized carbons (Fsp3) is 0.667. The number of ketones is 1. The van der Waals surface area contributed by atoms with Crippen LogP contribution in [0.2, 0.25) is 0 Å². The van der Waals surface area contributed by atoms with Crippen LogP contribution in [0.1, 0.15) is 20.8 Å². The van der Waals surface area contributed by atoms with Gasteiger partial charge in [-0.3, -0.25) is 8.98 Å². The summed E-state index contributed by atoms with van der Waals surface area (Å²) in [5.41, 5.74) is -1.81. The van der Waals surface area contributed by atoms with E-state index in [1.807, 2.05) is 0 Å². The quantitative estimate of drug-likeness (QED) is 0.183. The third-order valence-corrected chi connectivity index (χ3v) is 1.91. The van der Waals surface area contributed by atoms with Gasteiger partial charge in [-0.25, -0.2) is 4.79 Å². The molecule has 8 nitrogen and oxygen atoms in total. The number of carbonyl (C=O) groups is 2. The van der Waals surface area contributed by atoms with Crippen LogP contribution >= 0.6 is 0 Å². The number of esters is 1. The third kappa shape index (κ3) is 6.97. The second-order valence-corrected chi connectivity index (χ2v) is 5.98. The first-order valence-corrected chi connectivity index (χ1v) is 6.61. The van der Waals surface area contributed by atoms with Crippen LogP contribution in [0.25, 0.3) is 0 Å². The van der Waals surface area contributed by atoms with E-state index in [1.54, 1.807) is 20.8 Å². The summed E-state index contributed by atoms with van der Waals surface area (Å²) in [6.45, 7) is 3.73. The smallest absolute Gasteiger partial charge is 0.364 e. The molecule has 0 aromatic carbocycles. The molecule has 0 aliphatic rings. The molecule has 0 fully saturated rings. The van der Waals surface area contributed by atoms with Gasteiger partial charge < -0.3 is 9.94 Å². The predicted molar refractivity (Wildman–Crippen MR) is 60.9 cm³/mol. The van der Waals surface area contributed by atoms with Crippen LogP contribution in [-0.4, -0.2) is 49.6 Å². The Balaban J connectivity index is 4.71. The summed E-state index contributed by atoms with van der Waals surface area (Å²) < 4.78 is 30.3. The standard InChI is InChI=1S/C9H15NO7S/c1-9(2,3)17-8(12)7(10-13)6(11)5-16-18(4,14)15/h13H,5H2,1-4H3. The van der Waals surface area contributed by atoms with Gasteiger partial charge in [-0.05, 0) is 20.8 Å². The second-order valence-electron chi connectivity index (χ2n) is 4.34. The van der Waals surface area contributed by atoms with Gasteiger partial charge in [-0.2, -0.15) is 8.42 Å². The molecule has 0 heterocycles. The Morgan fingerprint density at radius 1 is 1.28 bits per heavy atom. The van der Waals surface area contributed by atoms with E-state index >= 15 is 0 Å². The van der Waals surface area contributed by atoms with Crippen LogP contribution < -0.4 is 0 Å². The summed E-state index contributed by atoms with van der Waals surface area (Å²) in [6.07, 6.45) is 0.740. The van der Waals surface area contributed by atoms with E-state index in [0.29, 0.717) is 0 Å². The normalized spacial score (nSPS) is 13.2. The van der Waals surface area contributed by atoms with Crippen molar-refractivity contribution in [2.75, 3.05) is 12.9 Å². The second kappa shape index (κ2) is 5.91. The van der Waals surface area contributed by atoms with Crippen LogP contribution in [0, 0.1) is 0 Å². The van der Waals surface area contributed by atoms with Gasteiger partial charge in [0.25, 0.3) is 10.1 Å². The van der Waals surface area contributed by atoms with Crippen molar-refractivity contribution in [1.29, 1.82) is 0 Å². The number of Topliss-reactive ketones (excluding diaryl/α,β-unsaturated/α-hetero) is 1. The first-order valence-electron chi connectivity index (χ1n) is 4.79. The molecule has 0 atom stereocenters. The maximum atomic E-state index is 11.4. The van der Waals surface area contributed by atoms with E-state index < -0.39 is 39.8 Å². The minimum Gasteiger partial charge on any atom is -0.455 e. The van der Waals surface area contributed by atoms with Gasteiger partial charge in [0.15, 0.2) is 0 Å². The van der Waals surface area contributed by atoms with Gasteiger partial charge in [-0.1, -0.05) is 5.16 Å². The Bertz CT molecular complexity index is 458. The van der Waals surface area contributed by atoms with E-state index in [-0.39, 0.29) is 0 Å². The summed E-state index contributed by atoms with van der Waals surface area (Å²) in [7, 11) is -3.83. The fourth-order valence-electron chi connectivity index (χ4n) is 0.766. The van der Waals surface area contributed by atoms with Gasteiger partial charge in [-0.15, -0.1) is 0 Å². The van der Waals surface area contributed by atoms with Crippen molar-refractivity contribution in [1.82, 2.24) is 0 Å². The largest absolute Gasteiger partial charge is 0.455 e. The lowest BCUT2D eigenvalue weighted by Gasteiger charge is -2.19. The number of hydrogen-bond acceptors (Lipinski definition) is 8. The first kappa shape index (κ1) is 16.5. The molecule has 0 saturated heterocycles. The highest BCUT2D eigenvalue weighted by Crippen LogP contribution is 2.08. The lowest BCUT2D eigenvalue weighted by Crippen LogP contribution is -2.35. The molecule has 104 valence electrons. The zero-order valence-electron chi connectivity index (χ0n) is 10.5. The molecule has 0 amide bonds. The van der Waals surface area contributed by atoms with Gasteiger partial charge >= 0.3 is 5.97 Å². The highest BCUT2D eigenvalue weighted by atomic mass is 32.2. The zero-order chi connectivity index (χ0) is 14.6. The number of ether oxygens (including phenoxy) is 1. The number of rotatable bonds is 5. The van der Waals surface area contributed by atoms with Gasteiger partial charge in [0.2, 0.25) is 11.5 Å². The molecule has 0 aliphatic carbocycles. The van der Waals surface area contributed by atoms with E-state index in [1.165, 1.54) is 0 Å². The summed E-state index contributed by atoms with van der Waals surface area (Å²) in [4.78, 5) is 22.8. The Morgan fingerprint density at radius 2 is 1.78 bits per heavy atom. The molecule has 0 bridgehead atoms. The maximum absolute atomic E-state index is 11.4. The highest BCUT2D eigenvalue weighted by molar-refractivity contribution is 7.86. The van der Waals surface area contributed by atoms with Crippen LogP contribution in [0.15, 0.2) is 5.16 Å². The predicted octanol–water partition coefficient (Wildman–Crippen LogP) is -0.296. The number of hydrogen-bond donors (Lipinski definition) is 1. The summed E-state index contributed by atoms with van der Waals surface area (Å²) in [5.74, 6) is -2.26. The molecule has 0 saturated carbocycles. The Labute approximate surface area is 105 Å². The van der Waals surface area contributed by atoms with E-state index in [0.717, 1.165) is 6.26 Å². The van der Waals surface area contributed by atoms with Gasteiger partial charge in [0.05, 0.1) is 6.26 Å². The lowest BCUT2D eigenvalue weighted by atomic mass is 10.2. The van der Waals surface area contributed by atoms with Crippen LogP contribution in [0.4, 0.5) is 0 Å². The van der Waals surface area contributed by atoms with E-state index in [4.69, 9.17) is 9.94 Å². The summed E-state index contributed by atoms with van der Waals surface area (Å²) in [6, 6.07) is 0. The Morgan fingerprint density at radius 3 is 2.11 bits per heavy atom. The molecule has 0 aromatic rings. The highest BCUT2D eigenvalue weighted by Gasteiger charge is 2.28. The molecular formula is C9H15NO7S. The molecule has 0 rings (SSSR count). The lowest BCUT2D eigenvalue weighted by molar-refractivity contribution is -0.146. The molecule has 18 heavy (non-hydrogen) atoms. The minimum absolute atomic E-state index is 0.740. The van der Waals surface area contributed by atoms with Crippen LogP contribution in [0.5, 0.6) is 0 Å². The molecule has 0 spiro atoms. The van der Waals surface area contributed by atoms with Crippen molar-refractivity contribution in [3.8, 4) is 0 Å². The van der Waals surface area contributed by atoms with Crippen LogP contribution in [-0.2, 0) is 28.6 Å². The number of nitrogens with zero attached hydrogens (tertiary/aromatic N) is 1. The summed E-state index contributed by atoms with van der Waals surface area (Å²) >= 11 is 0. The van der Waals surface area contributed by atoms with Crippen molar-refractivity contribution < 1.29 is 32.1 Å². The van der Waals surface area contributed by atoms with Crippen molar-refractivity contribution in [3.05, 3.63) is 0 Å². The van der Waals surface area contributed by atoms with Crippen molar-refractivity contribution in [2.45, 2.75) is 26.4 Å². The SMILES string of the molecule is CC(C)(C)OC(=O)C(=NO)C(=O)COS(C)(=O)=O. The van der Waals surface area contributed by atoms with Crippen molar-refractivity contribution in [3.63, 3.8) is 0 Å². The van der Waals surface area contributed by atoms with E-state index in [2.05, 4.69) is 9.34 Å². The molecule has 1 N–H and O–H groups in total. The first-order chi connectivity index (χ1) is 7.96. The molecular weight excluding hydrogens is 266 g/mol. The Hall–Kier alpha value is -1.48. The third-order valence-electron chi connectivity index (χ3n) is 1.36. The van der Waals surface area contributed by atoms with E-state index in [9.17, 15) is 18.0 Å². The molecule has 9 heteroatoms. The van der Waals surface area contributed by atoms with Crippen molar-refractivity contribution in [2.24, 2.45) is 5.16 Å². The van der Waals surface area contributed by atoms with Crippen LogP contribution in [0.3, 0.4) is 0 Å². The fourth-order valence-corrected chi connectivity index (χ4v) is 1.09. The van der Waals surface area contributed by atoms with Gasteiger partial charge in [0.1, 0.15) is 12.2 Å². The molecule has 0 aromatic heterocycles. The van der Waals surface area contributed by atoms with Crippen molar-refractivity contribution >= 4 is 27.6 Å². The maximum Gasteiger partial charge on any atom is 0.364 e. The van der Waals surface area contributed by atoms with Gasteiger partial charge in [0, 0.05) is 0 Å².